The fourth-order valence-corrected chi connectivity index (χ4v) is 3.10. The maximum atomic E-state index is 11.4. The van der Waals surface area contributed by atoms with Crippen LogP contribution in [0.1, 0.15) is 5.56 Å². The first-order valence-corrected chi connectivity index (χ1v) is 7.70. The van der Waals surface area contributed by atoms with Crippen LogP contribution in [-0.2, 0) is 0 Å². The molecule has 0 heterocycles. The van der Waals surface area contributed by atoms with Crippen LogP contribution in [0.4, 0.5) is 5.69 Å². The molecule has 3 aromatic rings. The topological polar surface area (TPSA) is 43.1 Å². The molecule has 0 amide bonds. The van der Waals surface area contributed by atoms with Crippen molar-refractivity contribution in [3.05, 3.63) is 82.4 Å². The number of thiol groups is 1. The van der Waals surface area contributed by atoms with Gasteiger partial charge in [-0.3, -0.25) is 10.1 Å². The molecule has 0 atom stereocenters. The second kappa shape index (κ2) is 6.61. The van der Waals surface area contributed by atoms with E-state index in [0.717, 1.165) is 16.7 Å². The van der Waals surface area contributed by atoms with E-state index < -0.39 is 4.92 Å². The zero-order valence-corrected chi connectivity index (χ0v) is 13.5. The van der Waals surface area contributed by atoms with E-state index in [1.165, 1.54) is 6.07 Å². The maximum Gasteiger partial charge on any atom is 0.286 e. The van der Waals surface area contributed by atoms with Crippen molar-refractivity contribution in [2.24, 2.45) is 0 Å². The van der Waals surface area contributed by atoms with Gasteiger partial charge in [0.15, 0.2) is 0 Å². The summed E-state index contributed by atoms with van der Waals surface area (Å²) >= 11 is 4.51. The molecule has 116 valence electrons. The number of terminal acetylenes is 1. The molecular formula is C20H13NO2S. The smallest absolute Gasteiger partial charge is 0.258 e. The molecule has 0 N–H and O–H groups in total. The first kappa shape index (κ1) is 15.9. The number of rotatable bonds is 3. The minimum atomic E-state index is -0.462. The summed E-state index contributed by atoms with van der Waals surface area (Å²) in [6.07, 6.45) is 5.64. The fraction of sp³-hybridized carbons (Fsp3) is 0. The molecule has 3 rings (SSSR count). The quantitative estimate of drug-likeness (QED) is 0.310. The molecule has 0 fully saturated rings. The van der Waals surface area contributed by atoms with Gasteiger partial charge in [-0.25, -0.2) is 0 Å². The van der Waals surface area contributed by atoms with Gasteiger partial charge in [-0.1, -0.05) is 66.6 Å². The Morgan fingerprint density at radius 2 is 1.42 bits per heavy atom. The van der Waals surface area contributed by atoms with Crippen LogP contribution in [0.25, 0.3) is 22.3 Å². The zero-order valence-electron chi connectivity index (χ0n) is 12.6. The Bertz CT molecular complexity index is 945. The van der Waals surface area contributed by atoms with Gasteiger partial charge in [-0.2, -0.15) is 0 Å². The molecular weight excluding hydrogens is 318 g/mol. The molecule has 0 aliphatic heterocycles. The Balaban J connectivity index is 2.46. The minimum Gasteiger partial charge on any atom is -0.258 e. The third-order valence-electron chi connectivity index (χ3n) is 3.75. The van der Waals surface area contributed by atoms with E-state index in [9.17, 15) is 10.1 Å². The molecule has 24 heavy (non-hydrogen) atoms. The van der Waals surface area contributed by atoms with Crippen molar-refractivity contribution in [3.63, 3.8) is 0 Å². The number of hydrogen-bond donors (Lipinski definition) is 1. The minimum absolute atomic E-state index is 0.110. The Labute approximate surface area is 145 Å². The third-order valence-corrected chi connectivity index (χ3v) is 4.10. The lowest BCUT2D eigenvalue weighted by molar-refractivity contribution is -0.385. The highest BCUT2D eigenvalue weighted by Crippen LogP contribution is 2.42. The van der Waals surface area contributed by atoms with Crippen molar-refractivity contribution in [2.45, 2.75) is 4.90 Å². The van der Waals surface area contributed by atoms with Gasteiger partial charge in [0, 0.05) is 22.1 Å². The lowest BCUT2D eigenvalue weighted by Gasteiger charge is -2.15. The van der Waals surface area contributed by atoms with Crippen LogP contribution in [-0.4, -0.2) is 4.92 Å². The van der Waals surface area contributed by atoms with Gasteiger partial charge >= 0.3 is 0 Å². The van der Waals surface area contributed by atoms with Gasteiger partial charge in [-0.15, -0.1) is 19.1 Å². The standard InChI is InChI=1S/C20H13NO2S/c1-2-16-17(21(22)23)13-18(24)20(15-11-7-4-8-12-15)19(16)14-9-5-3-6-10-14/h1,3-13,24H. The summed E-state index contributed by atoms with van der Waals surface area (Å²) in [5, 5.41) is 11.4. The normalized spacial score (nSPS) is 10.2. The van der Waals surface area contributed by atoms with Gasteiger partial charge in [0.25, 0.3) is 5.69 Å². The van der Waals surface area contributed by atoms with Crippen LogP contribution >= 0.6 is 12.6 Å². The Kier molecular flexibility index (Phi) is 4.37. The molecule has 0 unspecified atom stereocenters. The first-order valence-electron chi connectivity index (χ1n) is 7.25. The number of benzene rings is 3. The summed E-state index contributed by atoms with van der Waals surface area (Å²) in [5.74, 6) is 2.51. The van der Waals surface area contributed by atoms with Crippen molar-refractivity contribution in [1.29, 1.82) is 0 Å². The highest BCUT2D eigenvalue weighted by atomic mass is 32.1. The summed E-state index contributed by atoms with van der Waals surface area (Å²) in [4.78, 5) is 11.5. The van der Waals surface area contributed by atoms with E-state index in [1.54, 1.807) is 0 Å². The van der Waals surface area contributed by atoms with Gasteiger partial charge in [-0.05, 0) is 11.1 Å². The Morgan fingerprint density at radius 3 is 1.88 bits per heavy atom. The molecule has 0 saturated carbocycles. The van der Waals surface area contributed by atoms with Crippen LogP contribution in [0.3, 0.4) is 0 Å². The van der Waals surface area contributed by atoms with Crippen LogP contribution in [0.15, 0.2) is 71.6 Å². The second-order valence-corrected chi connectivity index (χ2v) is 5.66. The average Bonchev–Trinajstić information content (AvgIpc) is 2.62. The van der Waals surface area contributed by atoms with Crippen molar-refractivity contribution >= 4 is 18.3 Å². The number of nitro benzene ring substituents is 1. The largest absolute Gasteiger partial charge is 0.286 e. The molecule has 0 aliphatic carbocycles. The third kappa shape index (κ3) is 2.78. The SMILES string of the molecule is C#Cc1c([N+](=O)[O-])cc(S)c(-c2ccccc2)c1-c1ccccc1. The van der Waals surface area contributed by atoms with Crippen molar-refractivity contribution < 1.29 is 4.92 Å². The average molecular weight is 331 g/mol. The van der Waals surface area contributed by atoms with Gasteiger partial charge in [0.05, 0.1) is 4.92 Å². The molecule has 3 aromatic carbocycles. The van der Waals surface area contributed by atoms with Crippen molar-refractivity contribution in [1.82, 2.24) is 0 Å². The first-order chi connectivity index (χ1) is 11.6. The van der Waals surface area contributed by atoms with Gasteiger partial charge in [0.1, 0.15) is 5.56 Å². The second-order valence-electron chi connectivity index (χ2n) is 5.17. The molecule has 3 nitrogen and oxygen atoms in total. The van der Waals surface area contributed by atoms with Gasteiger partial charge in [0.2, 0.25) is 0 Å². The van der Waals surface area contributed by atoms with Crippen LogP contribution in [0.5, 0.6) is 0 Å². The number of hydrogen-bond acceptors (Lipinski definition) is 3. The Hall–Kier alpha value is -3.03. The molecule has 0 spiro atoms. The molecule has 0 saturated heterocycles. The molecule has 0 radical (unpaired) electrons. The van der Waals surface area contributed by atoms with Crippen molar-refractivity contribution in [2.75, 3.05) is 0 Å². The monoisotopic (exact) mass is 331 g/mol. The summed E-state index contributed by atoms with van der Waals surface area (Å²) in [5.41, 5.74) is 3.34. The maximum absolute atomic E-state index is 11.4. The molecule has 0 aromatic heterocycles. The van der Waals surface area contributed by atoms with E-state index in [1.807, 2.05) is 60.7 Å². The van der Waals surface area contributed by atoms with Crippen molar-refractivity contribution in [3.8, 4) is 34.6 Å². The summed E-state index contributed by atoms with van der Waals surface area (Å²) in [6.45, 7) is 0. The Morgan fingerprint density at radius 1 is 0.917 bits per heavy atom. The molecule has 4 heteroatoms. The van der Waals surface area contributed by atoms with E-state index in [4.69, 9.17) is 6.42 Å². The number of nitro groups is 1. The lowest BCUT2D eigenvalue weighted by atomic mass is 9.89. The fourth-order valence-electron chi connectivity index (χ4n) is 2.74. The predicted molar refractivity (Wildman–Crippen MR) is 99.2 cm³/mol. The highest BCUT2D eigenvalue weighted by Gasteiger charge is 2.24. The van der Waals surface area contributed by atoms with Crippen LogP contribution in [0, 0.1) is 22.5 Å². The molecule has 0 bridgehead atoms. The number of nitrogens with zero attached hydrogens (tertiary/aromatic N) is 1. The van der Waals surface area contributed by atoms with E-state index in [2.05, 4.69) is 18.5 Å². The van der Waals surface area contributed by atoms with Gasteiger partial charge < -0.3 is 0 Å². The van der Waals surface area contributed by atoms with Crippen LogP contribution in [0.2, 0.25) is 0 Å². The highest BCUT2D eigenvalue weighted by molar-refractivity contribution is 7.80. The lowest BCUT2D eigenvalue weighted by Crippen LogP contribution is -1.99. The summed E-state index contributed by atoms with van der Waals surface area (Å²) < 4.78 is 0. The summed E-state index contributed by atoms with van der Waals surface area (Å²) in [7, 11) is 0. The van der Waals surface area contributed by atoms with E-state index in [0.29, 0.717) is 10.5 Å². The van der Waals surface area contributed by atoms with E-state index in [-0.39, 0.29) is 11.3 Å². The predicted octanol–water partition coefficient (Wildman–Crippen LogP) is 5.20. The molecule has 0 aliphatic rings. The summed E-state index contributed by atoms with van der Waals surface area (Å²) in [6, 6.07) is 20.5. The van der Waals surface area contributed by atoms with Crippen LogP contribution < -0.4 is 0 Å². The zero-order chi connectivity index (χ0) is 17.1. The van der Waals surface area contributed by atoms with E-state index >= 15 is 0 Å².